The summed E-state index contributed by atoms with van der Waals surface area (Å²) in [5, 5.41) is 0.908. The molecule has 2 aliphatic rings. The smallest absolute Gasteiger partial charge is 0.0180 e. The average molecular weight is 214 g/mol. The second-order valence-electron chi connectivity index (χ2n) is 4.72. The van der Waals surface area contributed by atoms with Crippen molar-refractivity contribution in [1.29, 1.82) is 0 Å². The highest BCUT2D eigenvalue weighted by Gasteiger charge is 2.30. The van der Waals surface area contributed by atoms with E-state index in [0.29, 0.717) is 6.04 Å². The fourth-order valence-corrected chi connectivity index (χ4v) is 3.63. The summed E-state index contributed by atoms with van der Waals surface area (Å²) < 4.78 is 0. The van der Waals surface area contributed by atoms with Crippen molar-refractivity contribution in [3.05, 3.63) is 0 Å². The Kier molecular flexibility index (Phi) is 3.74. The third kappa shape index (κ3) is 2.44. The first-order chi connectivity index (χ1) is 6.79. The summed E-state index contributed by atoms with van der Waals surface area (Å²) in [5.74, 6) is 0. The zero-order valence-corrected chi connectivity index (χ0v) is 9.93. The minimum Gasteiger partial charge on any atom is -0.326 e. The number of nitrogens with zero attached hydrogens (tertiary/aromatic N) is 1. The summed E-state index contributed by atoms with van der Waals surface area (Å²) in [7, 11) is 0. The molecule has 2 N–H and O–H groups in total. The Morgan fingerprint density at radius 1 is 1.29 bits per heavy atom. The monoisotopic (exact) mass is 214 g/mol. The van der Waals surface area contributed by atoms with Crippen LogP contribution in [0.25, 0.3) is 0 Å². The number of rotatable bonds is 2. The SMILES string of the molecule is CSC1CCCC(N2CCC(N)C2)C1. The molecule has 1 saturated carbocycles. The molecule has 3 heteroatoms. The van der Waals surface area contributed by atoms with Crippen molar-refractivity contribution < 1.29 is 0 Å². The lowest BCUT2D eigenvalue weighted by molar-refractivity contribution is 0.192. The van der Waals surface area contributed by atoms with Crippen molar-refractivity contribution >= 4 is 11.8 Å². The van der Waals surface area contributed by atoms with Gasteiger partial charge in [-0.3, -0.25) is 4.90 Å². The van der Waals surface area contributed by atoms with Crippen LogP contribution >= 0.6 is 11.8 Å². The maximum atomic E-state index is 5.95. The third-order valence-electron chi connectivity index (χ3n) is 3.70. The lowest BCUT2D eigenvalue weighted by Crippen LogP contribution is -2.39. The van der Waals surface area contributed by atoms with Gasteiger partial charge >= 0.3 is 0 Å². The van der Waals surface area contributed by atoms with Crippen LogP contribution in [0.1, 0.15) is 32.1 Å². The van der Waals surface area contributed by atoms with E-state index in [1.54, 1.807) is 0 Å². The molecule has 0 spiro atoms. The lowest BCUT2D eigenvalue weighted by Gasteiger charge is -2.34. The van der Waals surface area contributed by atoms with Crippen LogP contribution in [-0.4, -0.2) is 41.6 Å². The minimum absolute atomic E-state index is 0.449. The minimum atomic E-state index is 0.449. The van der Waals surface area contributed by atoms with Gasteiger partial charge in [0.25, 0.3) is 0 Å². The number of likely N-dealkylation sites (tertiary alicyclic amines) is 1. The molecule has 0 aromatic carbocycles. The quantitative estimate of drug-likeness (QED) is 0.758. The summed E-state index contributed by atoms with van der Waals surface area (Å²) in [4.78, 5) is 2.63. The summed E-state index contributed by atoms with van der Waals surface area (Å²) in [6.45, 7) is 2.39. The Labute approximate surface area is 91.6 Å². The molecule has 3 atom stereocenters. The zero-order chi connectivity index (χ0) is 9.97. The lowest BCUT2D eigenvalue weighted by atomic mass is 9.94. The summed E-state index contributed by atoms with van der Waals surface area (Å²) >= 11 is 2.05. The highest BCUT2D eigenvalue weighted by atomic mass is 32.2. The van der Waals surface area contributed by atoms with Gasteiger partial charge in [0.2, 0.25) is 0 Å². The van der Waals surface area contributed by atoms with Crippen LogP contribution in [0.5, 0.6) is 0 Å². The standard InChI is InChI=1S/C11H22N2S/c1-14-11-4-2-3-10(7-11)13-6-5-9(12)8-13/h9-11H,2-8,12H2,1H3. The maximum Gasteiger partial charge on any atom is 0.0180 e. The van der Waals surface area contributed by atoms with Crippen molar-refractivity contribution in [1.82, 2.24) is 4.90 Å². The molecule has 2 nitrogen and oxygen atoms in total. The number of hydrogen-bond acceptors (Lipinski definition) is 3. The molecule has 2 rings (SSSR count). The molecule has 0 bridgehead atoms. The summed E-state index contributed by atoms with van der Waals surface area (Å²) in [6, 6.07) is 1.29. The van der Waals surface area contributed by atoms with Gasteiger partial charge in [-0.2, -0.15) is 11.8 Å². The van der Waals surface area contributed by atoms with E-state index < -0.39 is 0 Å². The van der Waals surface area contributed by atoms with E-state index >= 15 is 0 Å². The second kappa shape index (κ2) is 4.86. The fraction of sp³-hybridized carbons (Fsp3) is 1.00. The molecule has 1 aliphatic carbocycles. The normalized spacial score (nSPS) is 40.3. The van der Waals surface area contributed by atoms with Crippen molar-refractivity contribution in [3.63, 3.8) is 0 Å². The van der Waals surface area contributed by atoms with E-state index in [0.717, 1.165) is 17.8 Å². The average Bonchev–Trinajstić information content (AvgIpc) is 2.65. The van der Waals surface area contributed by atoms with Gasteiger partial charge in [0.05, 0.1) is 0 Å². The highest BCUT2D eigenvalue weighted by molar-refractivity contribution is 7.99. The van der Waals surface area contributed by atoms with E-state index in [-0.39, 0.29) is 0 Å². The van der Waals surface area contributed by atoms with Gasteiger partial charge < -0.3 is 5.73 Å². The van der Waals surface area contributed by atoms with Crippen LogP contribution in [0.2, 0.25) is 0 Å². The van der Waals surface area contributed by atoms with Crippen LogP contribution in [0.4, 0.5) is 0 Å². The topological polar surface area (TPSA) is 29.3 Å². The molecule has 2 fully saturated rings. The van der Waals surface area contributed by atoms with Crippen molar-refractivity contribution in [2.45, 2.75) is 49.4 Å². The van der Waals surface area contributed by atoms with Gasteiger partial charge in [0, 0.05) is 30.4 Å². The van der Waals surface area contributed by atoms with Crippen molar-refractivity contribution in [3.8, 4) is 0 Å². The Morgan fingerprint density at radius 3 is 2.79 bits per heavy atom. The molecule has 82 valence electrons. The maximum absolute atomic E-state index is 5.95. The van der Waals surface area contributed by atoms with Crippen LogP contribution in [-0.2, 0) is 0 Å². The Bertz CT molecular complexity index is 186. The predicted octanol–water partition coefficient (Wildman–Crippen LogP) is 1.69. The Balaban J connectivity index is 1.84. The third-order valence-corrected chi connectivity index (χ3v) is 4.80. The molecular formula is C11H22N2S. The number of thioether (sulfide) groups is 1. The molecule has 0 amide bonds. The number of nitrogens with two attached hydrogens (primary N) is 1. The first-order valence-electron chi connectivity index (χ1n) is 5.82. The zero-order valence-electron chi connectivity index (χ0n) is 9.11. The highest BCUT2D eigenvalue weighted by Crippen LogP contribution is 2.31. The predicted molar refractivity (Wildman–Crippen MR) is 63.7 cm³/mol. The molecule has 0 aromatic rings. The summed E-state index contributed by atoms with van der Waals surface area (Å²) in [6.07, 6.45) is 9.11. The second-order valence-corrected chi connectivity index (χ2v) is 5.86. The molecule has 1 saturated heterocycles. The van der Waals surface area contributed by atoms with Crippen molar-refractivity contribution in [2.75, 3.05) is 19.3 Å². The molecule has 3 unspecified atom stereocenters. The molecule has 14 heavy (non-hydrogen) atoms. The molecule has 0 radical (unpaired) electrons. The molecule has 0 aromatic heterocycles. The van der Waals surface area contributed by atoms with Gasteiger partial charge in [0.15, 0.2) is 0 Å². The van der Waals surface area contributed by atoms with Gasteiger partial charge in [-0.1, -0.05) is 6.42 Å². The van der Waals surface area contributed by atoms with Gasteiger partial charge in [-0.05, 0) is 31.9 Å². The first kappa shape index (κ1) is 10.8. The van der Waals surface area contributed by atoms with Gasteiger partial charge in [-0.25, -0.2) is 0 Å². The largest absolute Gasteiger partial charge is 0.326 e. The van der Waals surface area contributed by atoms with Crippen molar-refractivity contribution in [2.24, 2.45) is 5.73 Å². The van der Waals surface area contributed by atoms with E-state index in [1.165, 1.54) is 38.6 Å². The van der Waals surface area contributed by atoms with E-state index in [9.17, 15) is 0 Å². The molecule has 1 aliphatic heterocycles. The van der Waals surface area contributed by atoms with E-state index in [1.807, 2.05) is 0 Å². The Hall–Kier alpha value is 0.270. The number of hydrogen-bond donors (Lipinski definition) is 1. The molecule has 1 heterocycles. The first-order valence-corrected chi connectivity index (χ1v) is 7.11. The fourth-order valence-electron chi connectivity index (χ4n) is 2.81. The van der Waals surface area contributed by atoms with Crippen LogP contribution in [0, 0.1) is 0 Å². The van der Waals surface area contributed by atoms with E-state index in [2.05, 4.69) is 22.9 Å². The molecular weight excluding hydrogens is 192 g/mol. The Morgan fingerprint density at radius 2 is 2.14 bits per heavy atom. The van der Waals surface area contributed by atoms with Crippen LogP contribution in [0.15, 0.2) is 0 Å². The van der Waals surface area contributed by atoms with Gasteiger partial charge in [0.1, 0.15) is 0 Å². The van der Waals surface area contributed by atoms with Crippen LogP contribution in [0.3, 0.4) is 0 Å². The van der Waals surface area contributed by atoms with Gasteiger partial charge in [-0.15, -0.1) is 0 Å². The summed E-state index contributed by atoms with van der Waals surface area (Å²) in [5.41, 5.74) is 5.95. The van der Waals surface area contributed by atoms with E-state index in [4.69, 9.17) is 5.73 Å². The van der Waals surface area contributed by atoms with Crippen LogP contribution < -0.4 is 5.73 Å².